The van der Waals surface area contributed by atoms with Crippen LogP contribution in [0.5, 0.6) is 5.75 Å². The number of hydrogen-bond acceptors (Lipinski definition) is 5. The average molecular weight is 433 g/mol. The number of ether oxygens (including phenoxy) is 1. The minimum absolute atomic E-state index is 0.00536. The molecule has 2 bridgehead atoms. The number of nitrogens with zero attached hydrogens (tertiary/aromatic N) is 2. The van der Waals surface area contributed by atoms with E-state index in [1.165, 1.54) is 24.4 Å². The van der Waals surface area contributed by atoms with Gasteiger partial charge in [-0.05, 0) is 43.2 Å². The maximum absolute atomic E-state index is 13.1. The molecule has 1 aromatic heterocycles. The first kappa shape index (κ1) is 20.4. The van der Waals surface area contributed by atoms with E-state index in [1.807, 2.05) is 4.90 Å². The van der Waals surface area contributed by atoms with Gasteiger partial charge in [0.25, 0.3) is 5.91 Å². The van der Waals surface area contributed by atoms with Gasteiger partial charge in [-0.25, -0.2) is 9.37 Å². The SMILES string of the molecule is NC(=O)c1cc(Cl)cnc1NCC(=O)N1C2CCC1CC(Oc1ccc(F)cc1)C2. The lowest BCUT2D eigenvalue weighted by Crippen LogP contribution is -2.51. The Balaban J connectivity index is 1.37. The fraction of sp³-hybridized carbons (Fsp3) is 0.381. The Kier molecular flexibility index (Phi) is 5.76. The smallest absolute Gasteiger partial charge is 0.252 e. The predicted molar refractivity (Wildman–Crippen MR) is 110 cm³/mol. The van der Waals surface area contributed by atoms with E-state index in [-0.39, 0.29) is 47.8 Å². The third kappa shape index (κ3) is 4.33. The minimum Gasteiger partial charge on any atom is -0.490 e. The van der Waals surface area contributed by atoms with Crippen LogP contribution >= 0.6 is 11.6 Å². The van der Waals surface area contributed by atoms with Gasteiger partial charge in [0.05, 0.1) is 17.1 Å². The van der Waals surface area contributed by atoms with E-state index in [1.54, 1.807) is 12.1 Å². The van der Waals surface area contributed by atoms with Gasteiger partial charge >= 0.3 is 0 Å². The molecule has 0 radical (unpaired) electrons. The molecular formula is C21H22ClFN4O3. The van der Waals surface area contributed by atoms with Crippen molar-refractivity contribution in [3.63, 3.8) is 0 Å². The van der Waals surface area contributed by atoms with Crippen molar-refractivity contribution in [2.75, 3.05) is 11.9 Å². The standard InChI is InChI=1S/C21H22ClFN4O3/c22-12-7-18(20(24)29)21(25-10-12)26-11-19(28)27-14-3-4-15(27)9-17(8-14)30-16-5-1-13(23)2-6-16/h1-2,5-7,10,14-15,17H,3-4,8-9,11H2,(H2,24,29)(H,25,26). The summed E-state index contributed by atoms with van der Waals surface area (Å²) in [5.41, 5.74) is 5.51. The van der Waals surface area contributed by atoms with E-state index in [9.17, 15) is 14.0 Å². The molecule has 2 atom stereocenters. The lowest BCUT2D eigenvalue weighted by atomic mass is 9.99. The first-order valence-corrected chi connectivity index (χ1v) is 10.2. The zero-order chi connectivity index (χ0) is 21.3. The molecule has 2 unspecified atom stereocenters. The van der Waals surface area contributed by atoms with E-state index in [0.29, 0.717) is 10.8 Å². The summed E-state index contributed by atoms with van der Waals surface area (Å²) in [5, 5.41) is 3.21. The number of benzene rings is 1. The molecule has 7 nitrogen and oxygen atoms in total. The van der Waals surface area contributed by atoms with Gasteiger partial charge in [0.2, 0.25) is 5.91 Å². The summed E-state index contributed by atoms with van der Waals surface area (Å²) in [4.78, 5) is 30.5. The number of nitrogens with two attached hydrogens (primary N) is 1. The Labute approximate surface area is 178 Å². The molecule has 3 heterocycles. The molecule has 0 spiro atoms. The van der Waals surface area contributed by atoms with Gasteiger partial charge in [-0.3, -0.25) is 9.59 Å². The molecule has 2 aliphatic rings. The third-order valence-electron chi connectivity index (χ3n) is 5.62. The number of rotatable bonds is 6. The first-order chi connectivity index (χ1) is 14.4. The molecule has 3 N–H and O–H groups in total. The van der Waals surface area contributed by atoms with Gasteiger partial charge in [0, 0.05) is 31.1 Å². The van der Waals surface area contributed by atoms with E-state index in [4.69, 9.17) is 22.1 Å². The van der Waals surface area contributed by atoms with Crippen LogP contribution in [0.25, 0.3) is 0 Å². The maximum Gasteiger partial charge on any atom is 0.252 e. The van der Waals surface area contributed by atoms with Crippen LogP contribution in [0.15, 0.2) is 36.5 Å². The van der Waals surface area contributed by atoms with Crippen LogP contribution in [0.1, 0.15) is 36.0 Å². The minimum atomic E-state index is -0.668. The number of hydrogen-bond donors (Lipinski definition) is 2. The summed E-state index contributed by atoms with van der Waals surface area (Å²) >= 11 is 5.87. The van der Waals surface area contributed by atoms with Gasteiger partial charge < -0.3 is 20.7 Å². The average Bonchev–Trinajstić information content (AvgIpc) is 2.99. The van der Waals surface area contributed by atoms with Crippen molar-refractivity contribution in [2.24, 2.45) is 5.73 Å². The van der Waals surface area contributed by atoms with Crippen molar-refractivity contribution >= 4 is 29.2 Å². The van der Waals surface area contributed by atoms with Crippen molar-refractivity contribution in [2.45, 2.75) is 43.9 Å². The molecule has 2 fully saturated rings. The van der Waals surface area contributed by atoms with Crippen LogP contribution < -0.4 is 15.8 Å². The number of carbonyl (C=O) groups is 2. The molecule has 1 aromatic carbocycles. The Morgan fingerprint density at radius 2 is 1.90 bits per heavy atom. The van der Waals surface area contributed by atoms with Crippen molar-refractivity contribution < 1.29 is 18.7 Å². The molecule has 4 rings (SSSR count). The number of nitrogens with one attached hydrogen (secondary N) is 1. The van der Waals surface area contributed by atoms with Crippen LogP contribution in [0.4, 0.5) is 10.2 Å². The summed E-state index contributed by atoms with van der Waals surface area (Å²) < 4.78 is 19.1. The Morgan fingerprint density at radius 1 is 1.23 bits per heavy atom. The highest BCUT2D eigenvalue weighted by Gasteiger charge is 2.43. The van der Waals surface area contributed by atoms with Crippen molar-refractivity contribution in [3.05, 3.63) is 52.9 Å². The van der Waals surface area contributed by atoms with Crippen LogP contribution in [0.2, 0.25) is 5.02 Å². The van der Waals surface area contributed by atoms with Crippen molar-refractivity contribution in [3.8, 4) is 5.75 Å². The monoisotopic (exact) mass is 432 g/mol. The third-order valence-corrected chi connectivity index (χ3v) is 5.83. The van der Waals surface area contributed by atoms with Crippen LogP contribution in [-0.2, 0) is 4.79 Å². The van der Waals surface area contributed by atoms with Gasteiger partial charge in [-0.15, -0.1) is 0 Å². The number of piperidine rings is 1. The maximum atomic E-state index is 13.1. The molecule has 0 saturated carbocycles. The number of primary amides is 1. The number of carbonyl (C=O) groups excluding carboxylic acids is 2. The summed E-state index contributed by atoms with van der Waals surface area (Å²) in [6.07, 6.45) is 4.68. The highest BCUT2D eigenvalue weighted by atomic mass is 35.5. The molecule has 2 aromatic rings. The molecule has 2 saturated heterocycles. The molecule has 2 aliphatic heterocycles. The topological polar surface area (TPSA) is 97.6 Å². The molecule has 0 aliphatic carbocycles. The van der Waals surface area contributed by atoms with E-state index >= 15 is 0 Å². The highest BCUT2D eigenvalue weighted by molar-refractivity contribution is 6.31. The number of amides is 2. The van der Waals surface area contributed by atoms with Crippen LogP contribution in [0, 0.1) is 5.82 Å². The van der Waals surface area contributed by atoms with E-state index in [2.05, 4.69) is 10.3 Å². The van der Waals surface area contributed by atoms with Crippen LogP contribution in [0.3, 0.4) is 0 Å². The Bertz CT molecular complexity index is 942. The predicted octanol–water partition coefficient (Wildman–Crippen LogP) is 2.99. The van der Waals surface area contributed by atoms with E-state index < -0.39 is 5.91 Å². The Hall–Kier alpha value is -2.87. The van der Waals surface area contributed by atoms with Crippen molar-refractivity contribution in [1.82, 2.24) is 9.88 Å². The number of anilines is 1. The summed E-state index contributed by atoms with van der Waals surface area (Å²) in [7, 11) is 0. The van der Waals surface area contributed by atoms with E-state index in [0.717, 1.165) is 25.7 Å². The summed E-state index contributed by atoms with van der Waals surface area (Å²) in [6.45, 7) is 0.00536. The zero-order valence-corrected chi connectivity index (χ0v) is 16.9. The summed E-state index contributed by atoms with van der Waals surface area (Å²) in [6, 6.07) is 7.60. The first-order valence-electron chi connectivity index (χ1n) is 9.83. The highest BCUT2D eigenvalue weighted by Crippen LogP contribution is 2.37. The normalized spacial score (nSPS) is 22.6. The van der Waals surface area contributed by atoms with Gasteiger partial charge in [0.15, 0.2) is 0 Å². The van der Waals surface area contributed by atoms with Crippen molar-refractivity contribution in [1.29, 1.82) is 0 Å². The molecule has 9 heteroatoms. The number of pyridine rings is 1. The van der Waals surface area contributed by atoms with Gasteiger partial charge in [0.1, 0.15) is 23.5 Å². The van der Waals surface area contributed by atoms with Crippen LogP contribution in [-0.4, -0.2) is 46.4 Å². The second-order valence-corrected chi connectivity index (χ2v) is 8.06. The second-order valence-electron chi connectivity index (χ2n) is 7.62. The largest absolute Gasteiger partial charge is 0.490 e. The molecule has 158 valence electrons. The quantitative estimate of drug-likeness (QED) is 0.731. The fourth-order valence-corrected chi connectivity index (χ4v) is 4.51. The number of fused-ring (bicyclic) bond motifs is 2. The lowest BCUT2D eigenvalue weighted by Gasteiger charge is -2.39. The van der Waals surface area contributed by atoms with Gasteiger partial charge in [-0.2, -0.15) is 0 Å². The molecule has 30 heavy (non-hydrogen) atoms. The number of halogens is 2. The number of aromatic nitrogens is 1. The van der Waals surface area contributed by atoms with Gasteiger partial charge in [-0.1, -0.05) is 11.6 Å². The fourth-order valence-electron chi connectivity index (χ4n) is 4.35. The zero-order valence-electron chi connectivity index (χ0n) is 16.2. The summed E-state index contributed by atoms with van der Waals surface area (Å²) in [5.74, 6) is -0.157. The lowest BCUT2D eigenvalue weighted by molar-refractivity contribution is -0.135. The molecular weight excluding hydrogens is 411 g/mol. The molecule has 2 amide bonds. The second kappa shape index (κ2) is 8.47. The Morgan fingerprint density at radius 3 is 2.53 bits per heavy atom.